The van der Waals surface area contributed by atoms with Crippen LogP contribution in [0.2, 0.25) is 0 Å². The molecule has 0 aromatic heterocycles. The highest BCUT2D eigenvalue weighted by atomic mass is 35.5. The number of aryl methyl sites for hydroxylation is 1. The molecule has 1 aliphatic heterocycles. The molecule has 1 aromatic carbocycles. The summed E-state index contributed by atoms with van der Waals surface area (Å²) in [6, 6.07) is 8.52. The lowest BCUT2D eigenvalue weighted by Crippen LogP contribution is -2.37. The fourth-order valence-electron chi connectivity index (χ4n) is 2.59. The van der Waals surface area contributed by atoms with Crippen molar-refractivity contribution in [3.8, 4) is 0 Å². The Labute approximate surface area is 101 Å². The summed E-state index contributed by atoms with van der Waals surface area (Å²) in [4.78, 5) is 0. The quantitative estimate of drug-likeness (QED) is 0.700. The van der Waals surface area contributed by atoms with E-state index < -0.39 is 5.79 Å². The van der Waals surface area contributed by atoms with Crippen LogP contribution in [0, 0.1) is 0 Å². The molecule has 1 spiro atoms. The van der Waals surface area contributed by atoms with Crippen LogP contribution in [-0.2, 0) is 22.3 Å². The highest BCUT2D eigenvalue weighted by Crippen LogP contribution is 2.37. The van der Waals surface area contributed by atoms with Gasteiger partial charge in [0, 0.05) is 12.8 Å². The molecular formula is C13H15ClO2. The molecule has 86 valence electrons. The largest absolute Gasteiger partial charge is 0.347 e. The molecule has 2 unspecified atom stereocenters. The lowest BCUT2D eigenvalue weighted by atomic mass is 9.87. The van der Waals surface area contributed by atoms with Crippen molar-refractivity contribution < 1.29 is 9.47 Å². The SMILES string of the molecule is ClCC1COC2(CCc3ccccc3C2)O1. The summed E-state index contributed by atoms with van der Waals surface area (Å²) in [7, 11) is 0. The molecule has 1 aromatic rings. The molecule has 0 radical (unpaired) electrons. The summed E-state index contributed by atoms with van der Waals surface area (Å²) >= 11 is 5.81. The third-order valence-corrected chi connectivity index (χ3v) is 3.78. The molecule has 1 aliphatic carbocycles. The zero-order valence-electron chi connectivity index (χ0n) is 9.12. The Morgan fingerprint density at radius 1 is 1.31 bits per heavy atom. The minimum absolute atomic E-state index is 0.0620. The highest BCUT2D eigenvalue weighted by Gasteiger charge is 2.43. The van der Waals surface area contributed by atoms with Crippen molar-refractivity contribution in [1.82, 2.24) is 0 Å². The molecule has 2 atom stereocenters. The number of rotatable bonds is 1. The molecule has 16 heavy (non-hydrogen) atoms. The first-order valence-corrected chi connectivity index (χ1v) is 6.29. The molecule has 1 fully saturated rings. The van der Waals surface area contributed by atoms with E-state index >= 15 is 0 Å². The van der Waals surface area contributed by atoms with Gasteiger partial charge in [0.1, 0.15) is 0 Å². The Hall–Kier alpha value is -0.570. The Balaban J connectivity index is 1.83. The minimum Gasteiger partial charge on any atom is -0.347 e. The molecule has 0 N–H and O–H groups in total. The van der Waals surface area contributed by atoms with Crippen LogP contribution in [0.4, 0.5) is 0 Å². The molecular weight excluding hydrogens is 224 g/mol. The summed E-state index contributed by atoms with van der Waals surface area (Å²) in [6.45, 7) is 0.631. The van der Waals surface area contributed by atoms with Crippen molar-refractivity contribution in [2.75, 3.05) is 12.5 Å². The van der Waals surface area contributed by atoms with E-state index in [9.17, 15) is 0 Å². The van der Waals surface area contributed by atoms with Gasteiger partial charge >= 0.3 is 0 Å². The standard InChI is InChI=1S/C13H15ClO2/c14-8-12-9-15-13(16-12)6-5-10-3-1-2-4-11(10)7-13/h1-4,12H,5-9H2. The van der Waals surface area contributed by atoms with Crippen molar-refractivity contribution in [3.63, 3.8) is 0 Å². The van der Waals surface area contributed by atoms with E-state index in [1.165, 1.54) is 11.1 Å². The number of halogens is 1. The summed E-state index contributed by atoms with van der Waals surface area (Å²) in [5, 5.41) is 0. The smallest absolute Gasteiger partial charge is 0.173 e. The van der Waals surface area contributed by atoms with E-state index in [0.717, 1.165) is 19.3 Å². The molecule has 0 amide bonds. The fraction of sp³-hybridized carbons (Fsp3) is 0.538. The van der Waals surface area contributed by atoms with E-state index in [0.29, 0.717) is 12.5 Å². The van der Waals surface area contributed by atoms with Crippen molar-refractivity contribution in [3.05, 3.63) is 35.4 Å². The van der Waals surface area contributed by atoms with E-state index in [4.69, 9.17) is 21.1 Å². The van der Waals surface area contributed by atoms with Crippen LogP contribution < -0.4 is 0 Å². The molecule has 1 heterocycles. The first kappa shape index (κ1) is 10.6. The predicted molar refractivity (Wildman–Crippen MR) is 62.7 cm³/mol. The second kappa shape index (κ2) is 4.02. The van der Waals surface area contributed by atoms with Crippen LogP contribution in [0.25, 0.3) is 0 Å². The lowest BCUT2D eigenvalue weighted by Gasteiger charge is -2.33. The normalized spacial score (nSPS) is 32.9. The number of hydrogen-bond acceptors (Lipinski definition) is 2. The van der Waals surface area contributed by atoms with Crippen molar-refractivity contribution in [2.45, 2.75) is 31.2 Å². The molecule has 1 saturated heterocycles. The Morgan fingerprint density at radius 2 is 2.12 bits per heavy atom. The third-order valence-electron chi connectivity index (χ3n) is 3.44. The second-order valence-electron chi connectivity index (χ2n) is 4.56. The highest BCUT2D eigenvalue weighted by molar-refractivity contribution is 6.18. The van der Waals surface area contributed by atoms with Gasteiger partial charge < -0.3 is 9.47 Å². The number of ether oxygens (including phenoxy) is 2. The predicted octanol–water partition coefficient (Wildman–Crippen LogP) is 2.53. The van der Waals surface area contributed by atoms with E-state index in [1.54, 1.807) is 0 Å². The first-order valence-electron chi connectivity index (χ1n) is 5.76. The van der Waals surface area contributed by atoms with Crippen LogP contribution in [0.5, 0.6) is 0 Å². The van der Waals surface area contributed by atoms with Gasteiger partial charge in [-0.1, -0.05) is 24.3 Å². The first-order chi connectivity index (χ1) is 7.81. The maximum Gasteiger partial charge on any atom is 0.173 e. The summed E-state index contributed by atoms with van der Waals surface area (Å²) < 4.78 is 11.8. The zero-order valence-corrected chi connectivity index (χ0v) is 9.87. The van der Waals surface area contributed by atoms with E-state index in [-0.39, 0.29) is 6.10 Å². The summed E-state index contributed by atoms with van der Waals surface area (Å²) in [6.07, 6.45) is 2.89. The Morgan fingerprint density at radius 3 is 2.88 bits per heavy atom. The van der Waals surface area contributed by atoms with Crippen molar-refractivity contribution in [1.29, 1.82) is 0 Å². The van der Waals surface area contributed by atoms with E-state index in [2.05, 4.69) is 24.3 Å². The summed E-state index contributed by atoms with van der Waals surface area (Å²) in [5.41, 5.74) is 2.78. The third kappa shape index (κ3) is 1.75. The van der Waals surface area contributed by atoms with Gasteiger partial charge in [0.2, 0.25) is 0 Å². The number of benzene rings is 1. The molecule has 2 aliphatic rings. The van der Waals surface area contributed by atoms with Gasteiger partial charge in [0.05, 0.1) is 18.6 Å². The van der Waals surface area contributed by atoms with Gasteiger partial charge in [0.15, 0.2) is 5.79 Å². The topological polar surface area (TPSA) is 18.5 Å². The van der Waals surface area contributed by atoms with Gasteiger partial charge in [-0.15, -0.1) is 11.6 Å². The van der Waals surface area contributed by atoms with Gasteiger partial charge in [0.25, 0.3) is 0 Å². The number of fused-ring (bicyclic) bond motifs is 1. The number of alkyl halides is 1. The van der Waals surface area contributed by atoms with Crippen molar-refractivity contribution in [2.24, 2.45) is 0 Å². The maximum absolute atomic E-state index is 5.94. The Bertz CT molecular complexity index is 393. The monoisotopic (exact) mass is 238 g/mol. The van der Waals surface area contributed by atoms with Crippen LogP contribution in [0.1, 0.15) is 17.5 Å². The van der Waals surface area contributed by atoms with Gasteiger partial charge in [-0.2, -0.15) is 0 Å². The van der Waals surface area contributed by atoms with Crippen LogP contribution in [0.15, 0.2) is 24.3 Å². The Kier molecular flexibility index (Phi) is 2.66. The average molecular weight is 239 g/mol. The second-order valence-corrected chi connectivity index (χ2v) is 4.87. The summed E-state index contributed by atoms with van der Waals surface area (Å²) in [5.74, 6) is 0.122. The van der Waals surface area contributed by atoms with Crippen LogP contribution >= 0.6 is 11.6 Å². The van der Waals surface area contributed by atoms with Crippen molar-refractivity contribution >= 4 is 11.6 Å². The van der Waals surface area contributed by atoms with Gasteiger partial charge in [-0.05, 0) is 17.5 Å². The average Bonchev–Trinajstić information content (AvgIpc) is 2.72. The van der Waals surface area contributed by atoms with E-state index in [1.807, 2.05) is 0 Å². The molecule has 3 heteroatoms. The minimum atomic E-state index is -0.395. The maximum atomic E-state index is 5.94. The number of hydrogen-bond donors (Lipinski definition) is 0. The molecule has 3 rings (SSSR count). The molecule has 0 bridgehead atoms. The van der Waals surface area contributed by atoms with Crippen LogP contribution in [0.3, 0.4) is 0 Å². The van der Waals surface area contributed by atoms with Crippen LogP contribution in [-0.4, -0.2) is 24.4 Å². The lowest BCUT2D eigenvalue weighted by molar-refractivity contribution is -0.172. The zero-order chi connectivity index (χ0) is 11.0. The fourth-order valence-corrected chi connectivity index (χ4v) is 2.75. The molecule has 0 saturated carbocycles. The van der Waals surface area contributed by atoms with Gasteiger partial charge in [-0.25, -0.2) is 0 Å². The van der Waals surface area contributed by atoms with Gasteiger partial charge in [-0.3, -0.25) is 0 Å². The molecule has 2 nitrogen and oxygen atoms in total.